The fraction of sp³-hybridized carbons (Fsp3) is 0.429. The Bertz CT molecular complexity index is 893. The number of carboxylic acid groups (broad SMARTS) is 1. The van der Waals surface area contributed by atoms with Crippen LogP contribution in [0.1, 0.15) is 42.4 Å². The molecule has 0 aliphatic carbocycles. The zero-order valence-corrected chi connectivity index (χ0v) is 16.6. The van der Waals surface area contributed by atoms with E-state index in [1.165, 1.54) is 11.8 Å². The number of oxazole rings is 1. The van der Waals surface area contributed by atoms with Crippen LogP contribution in [0.3, 0.4) is 0 Å². The number of carboxylic acids is 1. The average Bonchev–Trinajstić information content (AvgIpc) is 2.92. The first-order chi connectivity index (χ1) is 13.9. The monoisotopic (exact) mass is 399 g/mol. The minimum Gasteiger partial charge on any atom is -0.480 e. The third-order valence-corrected chi connectivity index (χ3v) is 5.16. The van der Waals surface area contributed by atoms with Crippen molar-refractivity contribution in [2.45, 2.75) is 39.2 Å². The third kappa shape index (κ3) is 4.82. The van der Waals surface area contributed by atoms with E-state index in [0.717, 1.165) is 5.56 Å². The molecule has 1 aliphatic heterocycles. The summed E-state index contributed by atoms with van der Waals surface area (Å²) in [7, 11) is 0. The summed E-state index contributed by atoms with van der Waals surface area (Å²) < 4.78 is 5.70. The summed E-state index contributed by atoms with van der Waals surface area (Å²) in [6, 6.07) is 9.20. The van der Waals surface area contributed by atoms with Crippen molar-refractivity contribution < 1.29 is 23.9 Å². The molecule has 2 aromatic rings. The van der Waals surface area contributed by atoms with E-state index < -0.39 is 5.97 Å². The van der Waals surface area contributed by atoms with Gasteiger partial charge in [-0.15, -0.1) is 0 Å². The second kappa shape index (κ2) is 8.89. The van der Waals surface area contributed by atoms with Crippen LogP contribution in [0, 0.1) is 6.92 Å². The van der Waals surface area contributed by atoms with E-state index in [0.29, 0.717) is 44.0 Å². The molecule has 1 aliphatic rings. The van der Waals surface area contributed by atoms with E-state index in [1.54, 1.807) is 11.8 Å². The maximum Gasteiger partial charge on any atom is 0.323 e. The molecule has 0 bridgehead atoms. The van der Waals surface area contributed by atoms with Gasteiger partial charge in [0, 0.05) is 31.6 Å². The predicted molar refractivity (Wildman–Crippen MR) is 105 cm³/mol. The largest absolute Gasteiger partial charge is 0.480 e. The van der Waals surface area contributed by atoms with Gasteiger partial charge in [0.15, 0.2) is 5.69 Å². The highest BCUT2D eigenvalue weighted by atomic mass is 16.4. The van der Waals surface area contributed by atoms with Crippen molar-refractivity contribution in [3.8, 4) is 11.5 Å². The molecule has 8 nitrogen and oxygen atoms in total. The van der Waals surface area contributed by atoms with Crippen molar-refractivity contribution in [1.29, 1.82) is 0 Å². The van der Waals surface area contributed by atoms with Crippen LogP contribution < -0.4 is 0 Å². The Morgan fingerprint density at radius 1 is 1.21 bits per heavy atom. The van der Waals surface area contributed by atoms with E-state index >= 15 is 0 Å². The highest BCUT2D eigenvalue weighted by Crippen LogP contribution is 2.24. The zero-order chi connectivity index (χ0) is 21.0. The van der Waals surface area contributed by atoms with Crippen LogP contribution in [0.2, 0.25) is 0 Å². The molecule has 3 rings (SSSR count). The highest BCUT2D eigenvalue weighted by molar-refractivity contribution is 5.93. The molecule has 1 saturated heterocycles. The minimum atomic E-state index is -1.04. The van der Waals surface area contributed by atoms with E-state index in [-0.39, 0.29) is 30.1 Å². The summed E-state index contributed by atoms with van der Waals surface area (Å²) in [6.07, 6.45) is 1.87. The third-order valence-electron chi connectivity index (χ3n) is 5.16. The first-order valence-corrected chi connectivity index (χ1v) is 9.68. The smallest absolute Gasteiger partial charge is 0.323 e. The Kier molecular flexibility index (Phi) is 6.31. The highest BCUT2D eigenvalue weighted by Gasteiger charge is 2.29. The van der Waals surface area contributed by atoms with Crippen molar-refractivity contribution >= 4 is 17.8 Å². The van der Waals surface area contributed by atoms with Gasteiger partial charge in [-0.1, -0.05) is 18.2 Å². The quantitative estimate of drug-likeness (QED) is 0.829. The average molecular weight is 399 g/mol. The number of hydrogen-bond acceptors (Lipinski definition) is 5. The lowest BCUT2D eigenvalue weighted by atomic mass is 10.1. The molecule has 0 radical (unpaired) electrons. The van der Waals surface area contributed by atoms with Gasteiger partial charge < -0.3 is 19.3 Å². The Morgan fingerprint density at radius 3 is 2.59 bits per heavy atom. The van der Waals surface area contributed by atoms with Gasteiger partial charge in [0.2, 0.25) is 11.8 Å². The molecule has 2 heterocycles. The van der Waals surface area contributed by atoms with Crippen molar-refractivity contribution in [3.63, 3.8) is 0 Å². The molecule has 1 N–H and O–H groups in total. The topological polar surface area (TPSA) is 104 Å². The number of aliphatic carboxylic acids is 1. The summed E-state index contributed by atoms with van der Waals surface area (Å²) >= 11 is 0. The van der Waals surface area contributed by atoms with Crippen LogP contribution in [0.5, 0.6) is 0 Å². The normalized spacial score (nSPS) is 16.9. The molecule has 0 spiro atoms. The lowest BCUT2D eigenvalue weighted by Gasteiger charge is -2.28. The number of likely N-dealkylation sites (tertiary alicyclic amines) is 1. The Labute approximate surface area is 169 Å². The molecule has 154 valence electrons. The van der Waals surface area contributed by atoms with Crippen LogP contribution in [0.15, 0.2) is 34.7 Å². The van der Waals surface area contributed by atoms with Crippen LogP contribution in [0.4, 0.5) is 0 Å². The molecular weight excluding hydrogens is 374 g/mol. The molecule has 0 saturated carbocycles. The Hall–Kier alpha value is -3.16. The summed E-state index contributed by atoms with van der Waals surface area (Å²) in [6.45, 7) is 3.73. The second-order valence-corrected chi connectivity index (χ2v) is 7.21. The molecule has 1 unspecified atom stereocenters. The van der Waals surface area contributed by atoms with Gasteiger partial charge in [-0.25, -0.2) is 4.98 Å². The fourth-order valence-electron chi connectivity index (χ4n) is 3.69. The van der Waals surface area contributed by atoms with Crippen LogP contribution in [-0.4, -0.2) is 63.4 Å². The number of amides is 2. The molecule has 1 aromatic carbocycles. The maximum atomic E-state index is 13.0. The predicted octanol–water partition coefficient (Wildman–Crippen LogP) is 2.58. The van der Waals surface area contributed by atoms with E-state index in [4.69, 9.17) is 9.52 Å². The van der Waals surface area contributed by atoms with E-state index in [1.807, 2.05) is 30.3 Å². The van der Waals surface area contributed by atoms with E-state index in [9.17, 15) is 14.4 Å². The lowest BCUT2D eigenvalue weighted by molar-refractivity contribution is -0.145. The van der Waals surface area contributed by atoms with Gasteiger partial charge in [-0.2, -0.15) is 0 Å². The first kappa shape index (κ1) is 20.6. The lowest BCUT2D eigenvalue weighted by Crippen LogP contribution is -2.43. The summed E-state index contributed by atoms with van der Waals surface area (Å²) in [5, 5.41) is 9.07. The number of carbonyl (C=O) groups excluding carboxylic acids is 2. The van der Waals surface area contributed by atoms with Crippen molar-refractivity contribution in [2.75, 3.05) is 19.6 Å². The molecule has 2 amide bonds. The first-order valence-electron chi connectivity index (χ1n) is 9.68. The molecule has 8 heteroatoms. The van der Waals surface area contributed by atoms with Gasteiger partial charge in [-0.05, 0) is 38.3 Å². The number of nitrogens with zero attached hydrogens (tertiary/aromatic N) is 3. The molecule has 1 fully saturated rings. The molecule has 29 heavy (non-hydrogen) atoms. The van der Waals surface area contributed by atoms with Crippen LogP contribution in [0.25, 0.3) is 11.5 Å². The number of aromatic nitrogens is 1. The second-order valence-electron chi connectivity index (χ2n) is 7.21. The number of rotatable bonds is 5. The summed E-state index contributed by atoms with van der Waals surface area (Å²) in [5.74, 6) is -0.642. The van der Waals surface area contributed by atoms with Gasteiger partial charge >= 0.3 is 5.97 Å². The van der Waals surface area contributed by atoms with Crippen molar-refractivity contribution in [1.82, 2.24) is 14.8 Å². The van der Waals surface area contributed by atoms with Gasteiger partial charge in [0.1, 0.15) is 12.3 Å². The SMILES string of the molecule is CC(=O)N(CC(=O)O)C1CCCN(C(=O)c2nc(-c3ccccc3)oc2C)CC1. The number of benzene rings is 1. The summed E-state index contributed by atoms with van der Waals surface area (Å²) in [5.41, 5.74) is 1.09. The number of hydrogen-bond donors (Lipinski definition) is 1. The van der Waals surface area contributed by atoms with Gasteiger partial charge in [0.05, 0.1) is 0 Å². The molecule has 1 atom stereocenters. The zero-order valence-electron chi connectivity index (χ0n) is 16.6. The van der Waals surface area contributed by atoms with Crippen LogP contribution in [-0.2, 0) is 9.59 Å². The standard InChI is InChI=1S/C21H25N3O5/c1-14-19(22-20(29-14)16-7-4-3-5-8-16)21(28)23-11-6-9-17(10-12-23)24(15(2)25)13-18(26)27/h3-5,7-8,17H,6,9-13H2,1-2H3,(H,26,27). The number of carbonyl (C=O) groups is 3. The molecular formula is C21H25N3O5. The minimum absolute atomic E-state index is 0.195. The fourth-order valence-corrected chi connectivity index (χ4v) is 3.69. The van der Waals surface area contributed by atoms with Crippen LogP contribution >= 0.6 is 0 Å². The van der Waals surface area contributed by atoms with Gasteiger partial charge in [-0.3, -0.25) is 14.4 Å². The van der Waals surface area contributed by atoms with E-state index in [2.05, 4.69) is 4.98 Å². The summed E-state index contributed by atoms with van der Waals surface area (Å²) in [4.78, 5) is 43.5. The van der Waals surface area contributed by atoms with Crippen molar-refractivity contribution in [3.05, 3.63) is 41.8 Å². The maximum absolute atomic E-state index is 13.0. The van der Waals surface area contributed by atoms with Crippen molar-refractivity contribution in [2.24, 2.45) is 0 Å². The Morgan fingerprint density at radius 2 is 1.93 bits per heavy atom. The molecule has 1 aromatic heterocycles. The number of aryl methyl sites for hydroxylation is 1. The Balaban J connectivity index is 1.72. The van der Waals surface area contributed by atoms with Gasteiger partial charge in [0.25, 0.3) is 5.91 Å².